The molecule has 1 fully saturated rings. The predicted octanol–water partition coefficient (Wildman–Crippen LogP) is 0.875. The first kappa shape index (κ1) is 7.80. The van der Waals surface area contributed by atoms with Gasteiger partial charge in [-0.2, -0.15) is 5.26 Å². The van der Waals surface area contributed by atoms with E-state index in [0.717, 1.165) is 0 Å². The second-order valence-electron chi connectivity index (χ2n) is 2.64. The summed E-state index contributed by atoms with van der Waals surface area (Å²) in [4.78, 5) is 10.9. The molecule has 0 spiro atoms. The van der Waals surface area contributed by atoms with Crippen LogP contribution in [0.3, 0.4) is 0 Å². The second kappa shape index (κ2) is 2.39. The first-order valence-corrected chi connectivity index (χ1v) is 3.33. The highest BCUT2D eigenvalue weighted by Gasteiger charge is 2.57. The van der Waals surface area contributed by atoms with Gasteiger partial charge in [-0.1, -0.05) is 6.08 Å². The van der Waals surface area contributed by atoms with Gasteiger partial charge in [0, 0.05) is 0 Å². The molecular formula is C8H9NO2. The summed E-state index contributed by atoms with van der Waals surface area (Å²) in [7, 11) is 1.33. The average Bonchev–Trinajstić information content (AvgIpc) is 2.78. The van der Waals surface area contributed by atoms with Crippen molar-refractivity contribution in [3.63, 3.8) is 0 Å². The number of rotatable bonds is 2. The van der Waals surface area contributed by atoms with Crippen LogP contribution in [0.25, 0.3) is 0 Å². The van der Waals surface area contributed by atoms with E-state index in [2.05, 4.69) is 11.3 Å². The van der Waals surface area contributed by atoms with Crippen LogP contribution in [0.2, 0.25) is 0 Å². The molecule has 0 amide bonds. The summed E-state index contributed by atoms with van der Waals surface area (Å²) >= 11 is 0. The standard InChI is InChI=1S/C8H9NO2/c1-3-8(5-9)4-6(8)7(10)11-2/h3,6H,1,4H2,2H3/t6-,8+/m0/s1. The number of esters is 1. The van der Waals surface area contributed by atoms with Crippen molar-refractivity contribution in [2.75, 3.05) is 7.11 Å². The second-order valence-corrected chi connectivity index (χ2v) is 2.64. The maximum absolute atomic E-state index is 10.9. The van der Waals surface area contributed by atoms with Crippen LogP contribution in [0.5, 0.6) is 0 Å². The molecule has 58 valence electrons. The van der Waals surface area contributed by atoms with Crippen molar-refractivity contribution in [3.05, 3.63) is 12.7 Å². The predicted molar refractivity (Wildman–Crippen MR) is 38.4 cm³/mol. The Morgan fingerprint density at radius 2 is 2.64 bits per heavy atom. The quantitative estimate of drug-likeness (QED) is 0.434. The molecule has 0 aromatic carbocycles. The molecule has 3 nitrogen and oxygen atoms in total. The molecule has 2 atom stereocenters. The van der Waals surface area contributed by atoms with Crippen LogP contribution < -0.4 is 0 Å². The van der Waals surface area contributed by atoms with Gasteiger partial charge in [0.2, 0.25) is 0 Å². The molecule has 0 aliphatic heterocycles. The first-order valence-electron chi connectivity index (χ1n) is 3.33. The summed E-state index contributed by atoms with van der Waals surface area (Å²) in [6, 6.07) is 2.05. The Balaban J connectivity index is 2.66. The van der Waals surface area contributed by atoms with Gasteiger partial charge in [0.05, 0.1) is 24.5 Å². The Hall–Kier alpha value is -1.30. The summed E-state index contributed by atoms with van der Waals surface area (Å²) < 4.78 is 4.50. The molecule has 11 heavy (non-hydrogen) atoms. The molecule has 3 heteroatoms. The summed E-state index contributed by atoms with van der Waals surface area (Å²) in [5.74, 6) is -0.596. The van der Waals surface area contributed by atoms with Crippen molar-refractivity contribution in [1.29, 1.82) is 5.26 Å². The zero-order valence-electron chi connectivity index (χ0n) is 6.33. The van der Waals surface area contributed by atoms with E-state index < -0.39 is 5.41 Å². The lowest BCUT2D eigenvalue weighted by Gasteiger charge is -1.98. The zero-order valence-corrected chi connectivity index (χ0v) is 6.33. The van der Waals surface area contributed by atoms with Crippen molar-refractivity contribution >= 4 is 5.97 Å². The highest BCUT2D eigenvalue weighted by Crippen LogP contribution is 2.53. The largest absolute Gasteiger partial charge is 0.469 e. The number of allylic oxidation sites excluding steroid dienone is 1. The van der Waals surface area contributed by atoms with Crippen molar-refractivity contribution in [1.82, 2.24) is 0 Å². The van der Waals surface area contributed by atoms with Gasteiger partial charge in [-0.05, 0) is 6.42 Å². The molecule has 0 bridgehead atoms. The molecule has 0 unspecified atom stereocenters. The summed E-state index contributed by atoms with van der Waals surface area (Å²) in [5, 5.41) is 8.64. The van der Waals surface area contributed by atoms with Crippen molar-refractivity contribution in [2.24, 2.45) is 11.3 Å². The molecule has 0 saturated heterocycles. The average molecular weight is 151 g/mol. The third-order valence-corrected chi connectivity index (χ3v) is 2.06. The number of hydrogen-bond acceptors (Lipinski definition) is 3. The number of ether oxygens (including phenoxy) is 1. The normalized spacial score (nSPS) is 33.6. The monoisotopic (exact) mass is 151 g/mol. The van der Waals surface area contributed by atoms with Crippen molar-refractivity contribution in [3.8, 4) is 6.07 Å². The van der Waals surface area contributed by atoms with Crippen LogP contribution in [-0.2, 0) is 9.53 Å². The zero-order chi connectivity index (χ0) is 8.48. The molecule has 1 saturated carbocycles. The van der Waals surface area contributed by atoms with E-state index >= 15 is 0 Å². The van der Waals surface area contributed by atoms with Crippen LogP contribution in [0.1, 0.15) is 6.42 Å². The molecule has 0 heterocycles. The van der Waals surface area contributed by atoms with E-state index in [-0.39, 0.29) is 11.9 Å². The van der Waals surface area contributed by atoms with Crippen molar-refractivity contribution < 1.29 is 9.53 Å². The van der Waals surface area contributed by atoms with Crippen LogP contribution in [0, 0.1) is 22.7 Å². The number of nitriles is 1. The minimum absolute atomic E-state index is 0.282. The summed E-state index contributed by atoms with van der Waals surface area (Å²) in [6.45, 7) is 3.50. The number of carbonyl (C=O) groups is 1. The Kier molecular flexibility index (Phi) is 1.69. The highest BCUT2D eigenvalue weighted by atomic mass is 16.5. The smallest absolute Gasteiger partial charge is 0.310 e. The van der Waals surface area contributed by atoms with E-state index in [0.29, 0.717) is 6.42 Å². The lowest BCUT2D eigenvalue weighted by Crippen LogP contribution is -2.08. The van der Waals surface area contributed by atoms with Crippen molar-refractivity contribution in [2.45, 2.75) is 6.42 Å². The molecular weight excluding hydrogens is 142 g/mol. The van der Waals surface area contributed by atoms with Crippen LogP contribution in [-0.4, -0.2) is 13.1 Å². The van der Waals surface area contributed by atoms with Gasteiger partial charge >= 0.3 is 5.97 Å². The van der Waals surface area contributed by atoms with Crippen LogP contribution >= 0.6 is 0 Å². The van der Waals surface area contributed by atoms with Crippen LogP contribution in [0.15, 0.2) is 12.7 Å². The Morgan fingerprint density at radius 3 is 2.91 bits per heavy atom. The SMILES string of the molecule is C=C[C@]1(C#N)C[C@H]1C(=O)OC. The topological polar surface area (TPSA) is 50.1 Å². The van der Waals surface area contributed by atoms with E-state index in [1.54, 1.807) is 0 Å². The van der Waals surface area contributed by atoms with E-state index in [4.69, 9.17) is 5.26 Å². The van der Waals surface area contributed by atoms with Gasteiger partial charge in [0.1, 0.15) is 0 Å². The maximum atomic E-state index is 10.9. The summed E-state index contributed by atoms with van der Waals surface area (Å²) in [5.41, 5.74) is -0.632. The Labute approximate surface area is 65.3 Å². The maximum Gasteiger partial charge on any atom is 0.310 e. The molecule has 0 aromatic heterocycles. The van der Waals surface area contributed by atoms with Gasteiger partial charge in [-0.15, -0.1) is 6.58 Å². The van der Waals surface area contributed by atoms with Gasteiger partial charge in [-0.3, -0.25) is 4.79 Å². The fraction of sp³-hybridized carbons (Fsp3) is 0.500. The first-order chi connectivity index (χ1) is 5.20. The lowest BCUT2D eigenvalue weighted by atomic mass is 10.1. The minimum Gasteiger partial charge on any atom is -0.469 e. The third-order valence-electron chi connectivity index (χ3n) is 2.06. The molecule has 0 radical (unpaired) electrons. The number of carbonyl (C=O) groups excluding carboxylic acids is 1. The molecule has 1 aliphatic rings. The fourth-order valence-corrected chi connectivity index (χ4v) is 1.11. The van der Waals surface area contributed by atoms with Crippen LogP contribution in [0.4, 0.5) is 0 Å². The lowest BCUT2D eigenvalue weighted by molar-refractivity contribution is -0.142. The molecule has 0 aromatic rings. The van der Waals surface area contributed by atoms with Gasteiger partial charge < -0.3 is 4.74 Å². The minimum atomic E-state index is -0.632. The number of hydrogen-bond donors (Lipinski definition) is 0. The van der Waals surface area contributed by atoms with E-state index in [1.807, 2.05) is 6.07 Å². The van der Waals surface area contributed by atoms with Gasteiger partial charge in [0.25, 0.3) is 0 Å². The molecule has 1 rings (SSSR count). The number of nitrogens with zero attached hydrogens (tertiary/aromatic N) is 1. The molecule has 0 N–H and O–H groups in total. The third kappa shape index (κ3) is 1.01. The Bertz CT molecular complexity index is 241. The highest BCUT2D eigenvalue weighted by molar-refractivity contribution is 5.78. The molecule has 1 aliphatic carbocycles. The number of methoxy groups -OCH3 is 1. The van der Waals surface area contributed by atoms with E-state index in [1.165, 1.54) is 13.2 Å². The van der Waals surface area contributed by atoms with Gasteiger partial charge in [-0.25, -0.2) is 0 Å². The fourth-order valence-electron chi connectivity index (χ4n) is 1.11. The Morgan fingerprint density at radius 1 is 2.00 bits per heavy atom. The summed E-state index contributed by atoms with van der Waals surface area (Å²) in [6.07, 6.45) is 2.08. The van der Waals surface area contributed by atoms with Gasteiger partial charge in [0.15, 0.2) is 0 Å². The van der Waals surface area contributed by atoms with E-state index in [9.17, 15) is 4.79 Å².